The lowest BCUT2D eigenvalue weighted by molar-refractivity contribution is 0.0950. The number of methoxy groups -OCH3 is 1. The summed E-state index contributed by atoms with van der Waals surface area (Å²) in [5, 5.41) is 19.7. The van der Waals surface area contributed by atoms with Crippen LogP contribution in [0.15, 0.2) is 58.3 Å². The number of nitrogens with zero attached hydrogens (tertiary/aromatic N) is 6. The molecule has 0 atom stereocenters. The van der Waals surface area contributed by atoms with Crippen molar-refractivity contribution in [3.8, 4) is 28.6 Å². The Morgan fingerprint density at radius 3 is 2.65 bits per heavy atom. The number of hydrogen-bond donors (Lipinski definition) is 2. The number of nitrogens with one attached hydrogen (secondary N) is 1. The number of nitrogen functional groups attached to an aromatic ring is 1. The van der Waals surface area contributed by atoms with E-state index in [1.54, 1.807) is 38.3 Å². The molecule has 0 saturated heterocycles. The van der Waals surface area contributed by atoms with Crippen molar-refractivity contribution in [2.75, 3.05) is 19.5 Å². The minimum atomic E-state index is -0.578. The molecule has 0 unspecified atom stereocenters. The summed E-state index contributed by atoms with van der Waals surface area (Å²) in [7, 11) is 1.59. The monoisotopic (exact) mass is 462 g/mol. The number of carbonyl (C=O) groups is 1. The second-order valence-corrected chi connectivity index (χ2v) is 7.00. The number of amides is 1. The van der Waals surface area contributed by atoms with Crippen LogP contribution in [0.4, 0.5) is 5.82 Å². The highest BCUT2D eigenvalue weighted by molar-refractivity contribution is 6.02. The van der Waals surface area contributed by atoms with Crippen molar-refractivity contribution < 1.29 is 18.9 Å². The summed E-state index contributed by atoms with van der Waals surface area (Å²) in [6.07, 6.45) is 0. The van der Waals surface area contributed by atoms with E-state index in [2.05, 4.69) is 31.2 Å². The Balaban J connectivity index is 1.70. The maximum absolute atomic E-state index is 13.1. The van der Waals surface area contributed by atoms with E-state index in [0.717, 1.165) is 11.3 Å². The zero-order chi connectivity index (χ0) is 24.1. The van der Waals surface area contributed by atoms with E-state index < -0.39 is 5.91 Å². The summed E-state index contributed by atoms with van der Waals surface area (Å²) < 4.78 is 16.7. The Labute approximate surface area is 194 Å². The summed E-state index contributed by atoms with van der Waals surface area (Å²) in [5.74, 6) is 0.844. The largest absolute Gasteiger partial charge is 0.497 e. The van der Waals surface area contributed by atoms with Crippen LogP contribution in [-0.2, 0) is 0 Å². The van der Waals surface area contributed by atoms with Gasteiger partial charge in [0.2, 0.25) is 11.6 Å². The smallest absolute Gasteiger partial charge is 0.294 e. The average Bonchev–Trinajstić information content (AvgIpc) is 3.48. The van der Waals surface area contributed by atoms with Crippen molar-refractivity contribution in [1.82, 2.24) is 30.7 Å². The SMILES string of the molecule is CCOc1cccc(-c2c(C(=O)NN=C(C)c3ccc(OC)cc3)nnn2-c2nonc2N)c1. The van der Waals surface area contributed by atoms with Crippen LogP contribution in [0.5, 0.6) is 11.5 Å². The van der Waals surface area contributed by atoms with E-state index in [1.807, 2.05) is 31.2 Å². The third kappa shape index (κ3) is 4.55. The maximum atomic E-state index is 13.1. The Bertz CT molecular complexity index is 1330. The number of aromatic nitrogens is 5. The summed E-state index contributed by atoms with van der Waals surface area (Å²) in [4.78, 5) is 13.1. The van der Waals surface area contributed by atoms with Crippen LogP contribution in [0, 0.1) is 0 Å². The highest BCUT2D eigenvalue weighted by atomic mass is 16.6. The van der Waals surface area contributed by atoms with Gasteiger partial charge in [-0.1, -0.05) is 17.3 Å². The number of hydrogen-bond acceptors (Lipinski definition) is 10. The normalized spacial score (nSPS) is 11.3. The van der Waals surface area contributed by atoms with E-state index >= 15 is 0 Å². The van der Waals surface area contributed by atoms with E-state index in [4.69, 9.17) is 19.8 Å². The Hall–Kier alpha value is -4.74. The molecule has 0 aliphatic carbocycles. The van der Waals surface area contributed by atoms with Crippen LogP contribution in [0.2, 0.25) is 0 Å². The molecule has 0 fully saturated rings. The lowest BCUT2D eigenvalue weighted by Crippen LogP contribution is -2.21. The minimum Gasteiger partial charge on any atom is -0.497 e. The third-order valence-corrected chi connectivity index (χ3v) is 4.83. The van der Waals surface area contributed by atoms with Crippen molar-refractivity contribution in [2.45, 2.75) is 13.8 Å². The van der Waals surface area contributed by atoms with E-state index in [9.17, 15) is 4.79 Å². The van der Waals surface area contributed by atoms with Gasteiger partial charge in [-0.15, -0.1) is 5.10 Å². The average molecular weight is 462 g/mol. The van der Waals surface area contributed by atoms with Crippen molar-refractivity contribution >= 4 is 17.4 Å². The summed E-state index contributed by atoms with van der Waals surface area (Å²) >= 11 is 0. The lowest BCUT2D eigenvalue weighted by Gasteiger charge is -2.09. The standard InChI is InChI=1S/C22H22N8O4/c1-4-33-17-7-5-6-15(12-17)19-18(25-29-30(19)21-20(23)27-34-28-21)22(31)26-24-13(2)14-8-10-16(32-3)11-9-14/h5-12H,4H2,1-3H3,(H2,23,27)(H,26,31). The molecule has 0 aliphatic heterocycles. The van der Waals surface area contributed by atoms with E-state index in [-0.39, 0.29) is 17.3 Å². The molecule has 2 heterocycles. The van der Waals surface area contributed by atoms with Gasteiger partial charge in [0, 0.05) is 5.56 Å². The molecule has 2 aromatic heterocycles. The van der Waals surface area contributed by atoms with Gasteiger partial charge in [0.1, 0.15) is 17.2 Å². The van der Waals surface area contributed by atoms with Gasteiger partial charge in [-0.05, 0) is 66.1 Å². The van der Waals surface area contributed by atoms with Gasteiger partial charge in [-0.25, -0.2) is 10.1 Å². The molecule has 0 radical (unpaired) electrons. The highest BCUT2D eigenvalue weighted by Gasteiger charge is 2.25. The molecule has 4 aromatic rings. The molecule has 2 aromatic carbocycles. The summed E-state index contributed by atoms with van der Waals surface area (Å²) in [5.41, 5.74) is 10.7. The molecule has 12 heteroatoms. The van der Waals surface area contributed by atoms with Crippen molar-refractivity contribution in [2.24, 2.45) is 5.10 Å². The molecule has 0 bridgehead atoms. The minimum absolute atomic E-state index is 0.00216. The molecule has 174 valence electrons. The van der Waals surface area contributed by atoms with Crippen molar-refractivity contribution in [1.29, 1.82) is 0 Å². The number of rotatable bonds is 8. The highest BCUT2D eigenvalue weighted by Crippen LogP contribution is 2.29. The Morgan fingerprint density at radius 1 is 1.18 bits per heavy atom. The van der Waals surface area contributed by atoms with Crippen LogP contribution in [0.25, 0.3) is 17.1 Å². The molecular weight excluding hydrogens is 440 g/mol. The van der Waals surface area contributed by atoms with Crippen LogP contribution < -0.4 is 20.6 Å². The quantitative estimate of drug-likeness (QED) is 0.297. The predicted molar refractivity (Wildman–Crippen MR) is 123 cm³/mol. The predicted octanol–water partition coefficient (Wildman–Crippen LogP) is 2.46. The molecular formula is C22H22N8O4. The topological polar surface area (TPSA) is 156 Å². The molecule has 0 aliphatic rings. The van der Waals surface area contributed by atoms with Crippen molar-refractivity contribution in [3.05, 3.63) is 59.8 Å². The zero-order valence-corrected chi connectivity index (χ0v) is 18.7. The Morgan fingerprint density at radius 2 is 1.97 bits per heavy atom. The fraction of sp³-hybridized carbons (Fsp3) is 0.182. The Kier molecular flexibility index (Phi) is 6.48. The zero-order valence-electron chi connectivity index (χ0n) is 18.7. The number of hydrazone groups is 1. The van der Waals surface area contributed by atoms with Crippen molar-refractivity contribution in [3.63, 3.8) is 0 Å². The molecule has 0 spiro atoms. The molecule has 1 amide bonds. The van der Waals surface area contributed by atoms with Gasteiger partial charge < -0.3 is 15.2 Å². The number of nitrogens with two attached hydrogens (primary N) is 1. The summed E-state index contributed by atoms with van der Waals surface area (Å²) in [6.45, 7) is 4.13. The van der Waals surface area contributed by atoms with Crippen LogP contribution in [0.1, 0.15) is 29.9 Å². The second-order valence-electron chi connectivity index (χ2n) is 7.00. The van der Waals surface area contributed by atoms with Gasteiger partial charge in [0.25, 0.3) is 5.91 Å². The third-order valence-electron chi connectivity index (χ3n) is 4.83. The number of benzene rings is 2. The van der Waals surface area contributed by atoms with E-state index in [1.165, 1.54) is 4.68 Å². The maximum Gasteiger partial charge on any atom is 0.294 e. The molecule has 3 N–H and O–H groups in total. The van der Waals surface area contributed by atoms with Gasteiger partial charge in [-0.3, -0.25) is 4.79 Å². The first-order valence-corrected chi connectivity index (χ1v) is 10.3. The van der Waals surface area contributed by atoms with Gasteiger partial charge >= 0.3 is 0 Å². The second kappa shape index (κ2) is 9.81. The number of anilines is 1. The first-order valence-electron chi connectivity index (χ1n) is 10.3. The molecule has 34 heavy (non-hydrogen) atoms. The first-order chi connectivity index (χ1) is 16.5. The fourth-order valence-electron chi connectivity index (χ4n) is 3.16. The van der Waals surface area contributed by atoms with Gasteiger partial charge in [0.15, 0.2) is 5.69 Å². The molecule has 12 nitrogen and oxygen atoms in total. The van der Waals surface area contributed by atoms with Crippen LogP contribution in [0.3, 0.4) is 0 Å². The van der Waals surface area contributed by atoms with Crippen LogP contribution in [-0.4, -0.2) is 50.6 Å². The summed E-state index contributed by atoms with van der Waals surface area (Å²) in [6, 6.07) is 14.4. The number of carbonyl (C=O) groups excluding carboxylic acids is 1. The van der Waals surface area contributed by atoms with Gasteiger partial charge in [-0.2, -0.15) is 9.78 Å². The van der Waals surface area contributed by atoms with E-state index in [0.29, 0.717) is 29.3 Å². The molecule has 4 rings (SSSR count). The van der Waals surface area contributed by atoms with Crippen LogP contribution >= 0.6 is 0 Å². The van der Waals surface area contributed by atoms with Gasteiger partial charge in [0.05, 0.1) is 19.4 Å². The molecule has 0 saturated carbocycles. The fourth-order valence-corrected chi connectivity index (χ4v) is 3.16. The first kappa shape index (κ1) is 22.5. The lowest BCUT2D eigenvalue weighted by atomic mass is 10.1. The number of ether oxygens (including phenoxy) is 2.